The van der Waals surface area contributed by atoms with Crippen LogP contribution in [0.25, 0.3) is 0 Å². The highest BCUT2D eigenvalue weighted by Gasteiger charge is 2.24. The number of nitrogens with one attached hydrogen (secondary N) is 3. The van der Waals surface area contributed by atoms with Crippen LogP contribution in [0.15, 0.2) is 42.5 Å². The molecule has 0 spiro atoms. The predicted molar refractivity (Wildman–Crippen MR) is 109 cm³/mol. The van der Waals surface area contributed by atoms with Gasteiger partial charge in [-0.2, -0.15) is 0 Å². The van der Waals surface area contributed by atoms with E-state index in [1.807, 2.05) is 45.3 Å². The molecule has 2 rings (SSSR count). The summed E-state index contributed by atoms with van der Waals surface area (Å²) in [6.45, 7) is 3.02. The molecule has 0 amide bonds. The average Bonchev–Trinajstić information content (AvgIpc) is 2.59. The van der Waals surface area contributed by atoms with E-state index in [1.165, 1.54) is 6.07 Å². The van der Waals surface area contributed by atoms with Crippen LogP contribution in [0.1, 0.15) is 18.5 Å². The van der Waals surface area contributed by atoms with Crippen molar-refractivity contribution in [2.24, 2.45) is 0 Å². The summed E-state index contributed by atoms with van der Waals surface area (Å²) >= 11 is 11.6. The molecule has 2 aromatic rings. The predicted octanol–water partition coefficient (Wildman–Crippen LogP) is 3.05. The summed E-state index contributed by atoms with van der Waals surface area (Å²) in [5.41, 5.74) is 1.34. The number of halogens is 2. The van der Waals surface area contributed by atoms with Gasteiger partial charge in [0.1, 0.15) is 17.6 Å². The lowest BCUT2D eigenvalue weighted by Crippen LogP contribution is -3.07. The summed E-state index contributed by atoms with van der Waals surface area (Å²) in [6, 6.07) is 12.1. The van der Waals surface area contributed by atoms with Crippen LogP contribution in [0, 0.1) is 5.82 Å². The molecule has 0 aliphatic rings. The summed E-state index contributed by atoms with van der Waals surface area (Å²) < 4.78 is 19.7. The van der Waals surface area contributed by atoms with Gasteiger partial charge in [-0.25, -0.2) is 4.39 Å². The van der Waals surface area contributed by atoms with Crippen LogP contribution >= 0.6 is 23.8 Å². The molecule has 140 valence electrons. The van der Waals surface area contributed by atoms with Gasteiger partial charge in [0, 0.05) is 5.69 Å². The van der Waals surface area contributed by atoms with Crippen molar-refractivity contribution in [1.82, 2.24) is 5.32 Å². The molecule has 7 heteroatoms. The molecule has 1 atom stereocenters. The highest BCUT2D eigenvalue weighted by atomic mass is 35.5. The number of likely N-dealkylation sites (N-methyl/N-ethyl adjacent to an activating group) is 1. The van der Waals surface area contributed by atoms with Crippen molar-refractivity contribution >= 4 is 34.6 Å². The van der Waals surface area contributed by atoms with Gasteiger partial charge >= 0.3 is 0 Å². The molecule has 2 aromatic carbocycles. The van der Waals surface area contributed by atoms with Crippen molar-refractivity contribution < 1.29 is 14.0 Å². The van der Waals surface area contributed by atoms with E-state index < -0.39 is 0 Å². The Morgan fingerprint density at radius 1 is 1.23 bits per heavy atom. The van der Waals surface area contributed by atoms with E-state index in [9.17, 15) is 4.39 Å². The Hall–Kier alpha value is -1.89. The maximum absolute atomic E-state index is 14.2. The molecule has 0 saturated heterocycles. The van der Waals surface area contributed by atoms with E-state index in [-0.39, 0.29) is 11.9 Å². The second kappa shape index (κ2) is 9.71. The van der Waals surface area contributed by atoms with Crippen LogP contribution in [0.2, 0.25) is 5.02 Å². The average molecular weight is 397 g/mol. The van der Waals surface area contributed by atoms with Crippen molar-refractivity contribution in [2.75, 3.05) is 32.6 Å². The SMILES string of the molecule is CCOc1ccc(NC(=S)NC[C@H](c2c(F)cccc2Cl)[NH+](C)C)cc1. The zero-order chi connectivity index (χ0) is 19.1. The van der Waals surface area contributed by atoms with Crippen molar-refractivity contribution in [2.45, 2.75) is 13.0 Å². The van der Waals surface area contributed by atoms with Gasteiger partial charge in [0.2, 0.25) is 0 Å². The van der Waals surface area contributed by atoms with E-state index in [0.717, 1.165) is 16.3 Å². The molecule has 0 aromatic heterocycles. The molecular formula is C19H24ClFN3OS+. The molecule has 3 N–H and O–H groups in total. The maximum Gasteiger partial charge on any atom is 0.171 e. The molecule has 0 fully saturated rings. The Labute approximate surface area is 164 Å². The fraction of sp³-hybridized carbons (Fsp3) is 0.316. The molecule has 0 unspecified atom stereocenters. The maximum atomic E-state index is 14.2. The minimum absolute atomic E-state index is 0.177. The minimum atomic E-state index is -0.309. The van der Waals surface area contributed by atoms with E-state index in [1.54, 1.807) is 12.1 Å². The van der Waals surface area contributed by atoms with Crippen LogP contribution < -0.4 is 20.3 Å². The molecule has 0 radical (unpaired) electrons. The van der Waals surface area contributed by atoms with E-state index >= 15 is 0 Å². The Morgan fingerprint density at radius 2 is 1.92 bits per heavy atom. The first-order chi connectivity index (χ1) is 12.4. The van der Waals surface area contributed by atoms with Gasteiger partial charge in [-0.05, 0) is 55.5 Å². The molecule has 0 saturated carbocycles. The first kappa shape index (κ1) is 20.4. The highest BCUT2D eigenvalue weighted by molar-refractivity contribution is 7.80. The number of benzene rings is 2. The van der Waals surface area contributed by atoms with Gasteiger partial charge in [0.05, 0.1) is 37.8 Å². The Balaban J connectivity index is 1.99. The van der Waals surface area contributed by atoms with Gasteiger partial charge in [-0.1, -0.05) is 17.7 Å². The Bertz CT molecular complexity index is 720. The molecule has 0 bridgehead atoms. The van der Waals surface area contributed by atoms with Crippen molar-refractivity contribution in [1.29, 1.82) is 0 Å². The van der Waals surface area contributed by atoms with E-state index in [2.05, 4.69) is 10.6 Å². The monoisotopic (exact) mass is 396 g/mol. The third-order valence-electron chi connectivity index (χ3n) is 3.94. The summed E-state index contributed by atoms with van der Waals surface area (Å²) in [6.07, 6.45) is 0. The molecule has 0 heterocycles. The molecule has 0 aliphatic carbocycles. The zero-order valence-corrected chi connectivity index (χ0v) is 16.7. The minimum Gasteiger partial charge on any atom is -0.494 e. The van der Waals surface area contributed by atoms with E-state index in [0.29, 0.717) is 28.9 Å². The van der Waals surface area contributed by atoms with Crippen LogP contribution in [-0.4, -0.2) is 32.4 Å². The fourth-order valence-corrected chi connectivity index (χ4v) is 3.11. The number of thiocarbonyl (C=S) groups is 1. The summed E-state index contributed by atoms with van der Waals surface area (Å²) in [5, 5.41) is 7.15. The summed E-state index contributed by atoms with van der Waals surface area (Å²) in [4.78, 5) is 1.05. The third-order valence-corrected chi connectivity index (χ3v) is 4.51. The second-order valence-electron chi connectivity index (χ2n) is 6.06. The number of hydrogen-bond donors (Lipinski definition) is 3. The van der Waals surface area contributed by atoms with Gasteiger partial charge < -0.3 is 20.3 Å². The molecule has 26 heavy (non-hydrogen) atoms. The van der Waals surface area contributed by atoms with Gasteiger partial charge in [0.25, 0.3) is 0 Å². The molecule has 0 aliphatic heterocycles. The zero-order valence-electron chi connectivity index (χ0n) is 15.1. The number of ether oxygens (including phenoxy) is 1. The van der Waals surface area contributed by atoms with Crippen molar-refractivity contribution in [3.8, 4) is 5.75 Å². The number of hydrogen-bond acceptors (Lipinski definition) is 2. The van der Waals surface area contributed by atoms with Crippen LogP contribution in [0.4, 0.5) is 10.1 Å². The second-order valence-corrected chi connectivity index (χ2v) is 6.87. The number of rotatable bonds is 7. The van der Waals surface area contributed by atoms with E-state index in [4.69, 9.17) is 28.6 Å². The fourth-order valence-electron chi connectivity index (χ4n) is 2.61. The topological polar surface area (TPSA) is 37.7 Å². The number of anilines is 1. The van der Waals surface area contributed by atoms with Crippen LogP contribution in [0.5, 0.6) is 5.75 Å². The Morgan fingerprint density at radius 3 is 2.50 bits per heavy atom. The molecule has 4 nitrogen and oxygen atoms in total. The van der Waals surface area contributed by atoms with Crippen molar-refractivity contribution in [3.63, 3.8) is 0 Å². The van der Waals surface area contributed by atoms with Gasteiger partial charge in [-0.15, -0.1) is 0 Å². The first-order valence-electron chi connectivity index (χ1n) is 8.44. The van der Waals surface area contributed by atoms with Gasteiger partial charge in [-0.3, -0.25) is 0 Å². The largest absolute Gasteiger partial charge is 0.494 e. The lowest BCUT2D eigenvalue weighted by Gasteiger charge is -2.24. The summed E-state index contributed by atoms with van der Waals surface area (Å²) in [7, 11) is 3.91. The lowest BCUT2D eigenvalue weighted by atomic mass is 10.1. The normalized spacial score (nSPS) is 11.9. The third kappa shape index (κ3) is 5.56. The Kier molecular flexibility index (Phi) is 7.63. The lowest BCUT2D eigenvalue weighted by molar-refractivity contribution is -0.890. The quantitative estimate of drug-likeness (QED) is 0.629. The highest BCUT2D eigenvalue weighted by Crippen LogP contribution is 2.24. The van der Waals surface area contributed by atoms with Crippen LogP contribution in [0.3, 0.4) is 0 Å². The summed E-state index contributed by atoms with van der Waals surface area (Å²) in [5.74, 6) is 0.498. The van der Waals surface area contributed by atoms with Gasteiger partial charge in [0.15, 0.2) is 5.11 Å². The van der Waals surface area contributed by atoms with Crippen molar-refractivity contribution in [3.05, 3.63) is 58.9 Å². The standard InChI is InChI=1S/C19H23ClFN3OS/c1-4-25-14-10-8-13(9-11-14)23-19(26)22-12-17(24(2)3)18-15(20)6-5-7-16(18)21/h5-11,17H,4,12H2,1-3H3,(H2,22,23,26)/p+1/t17-/m1/s1. The molecular weight excluding hydrogens is 373 g/mol. The number of quaternary nitrogens is 1. The smallest absolute Gasteiger partial charge is 0.171 e. The first-order valence-corrected chi connectivity index (χ1v) is 9.22. The van der Waals surface area contributed by atoms with Crippen LogP contribution in [-0.2, 0) is 0 Å².